The molecular weight excluding hydrogens is 363 g/mol. The average Bonchev–Trinajstić information content (AvgIpc) is 2.67. The number of nitrogens with zero attached hydrogens (tertiary/aromatic N) is 1. The van der Waals surface area contributed by atoms with Gasteiger partial charge in [0.05, 0.1) is 19.6 Å². The first-order chi connectivity index (χ1) is 13.3. The lowest BCUT2D eigenvalue weighted by Gasteiger charge is -2.18. The highest BCUT2D eigenvalue weighted by Gasteiger charge is 2.18. The Bertz CT molecular complexity index is 1110. The van der Waals surface area contributed by atoms with Crippen LogP contribution in [-0.4, -0.2) is 24.7 Å². The lowest BCUT2D eigenvalue weighted by molar-refractivity contribution is 0.101. The molecule has 0 saturated carbocycles. The third kappa shape index (κ3) is 3.55. The van der Waals surface area contributed by atoms with Crippen molar-refractivity contribution in [3.05, 3.63) is 64.3 Å². The van der Waals surface area contributed by atoms with Crippen LogP contribution >= 0.6 is 0 Å². The Morgan fingerprint density at radius 2 is 1.75 bits per heavy atom. The van der Waals surface area contributed by atoms with Crippen LogP contribution in [0.5, 0.6) is 11.5 Å². The van der Waals surface area contributed by atoms with Crippen molar-refractivity contribution in [3.63, 3.8) is 0 Å². The number of hydrogen-bond donors (Lipinski definition) is 1. The summed E-state index contributed by atoms with van der Waals surface area (Å²) in [6.07, 6.45) is 0. The van der Waals surface area contributed by atoms with Crippen LogP contribution in [0.1, 0.15) is 30.4 Å². The zero-order valence-corrected chi connectivity index (χ0v) is 16.1. The maximum atomic E-state index is 13.6. The molecule has 0 bridgehead atoms. The minimum atomic E-state index is -0.498. The Morgan fingerprint density at radius 3 is 2.39 bits per heavy atom. The number of hydrogen-bond acceptors (Lipinski definition) is 4. The summed E-state index contributed by atoms with van der Waals surface area (Å²) in [7, 11) is 3.03. The van der Waals surface area contributed by atoms with E-state index in [-0.39, 0.29) is 17.1 Å². The Labute approximate surface area is 161 Å². The molecule has 2 aromatic carbocycles. The van der Waals surface area contributed by atoms with Gasteiger partial charge in [-0.25, -0.2) is 4.39 Å². The van der Waals surface area contributed by atoms with Gasteiger partial charge in [-0.15, -0.1) is 0 Å². The number of halogens is 1. The van der Waals surface area contributed by atoms with E-state index in [0.717, 1.165) is 0 Å². The first-order valence-corrected chi connectivity index (χ1v) is 8.74. The lowest BCUT2D eigenvalue weighted by atomic mass is 10.1. The van der Waals surface area contributed by atoms with Gasteiger partial charge in [-0.05, 0) is 49.6 Å². The summed E-state index contributed by atoms with van der Waals surface area (Å²) < 4.78 is 25.4. The topological polar surface area (TPSA) is 69.6 Å². The van der Waals surface area contributed by atoms with Gasteiger partial charge in [0.2, 0.25) is 0 Å². The van der Waals surface area contributed by atoms with E-state index in [2.05, 4.69) is 5.32 Å². The highest BCUT2D eigenvalue weighted by Crippen LogP contribution is 2.30. The highest BCUT2D eigenvalue weighted by molar-refractivity contribution is 6.05. The molecular formula is C21H21FN2O4. The van der Waals surface area contributed by atoms with Crippen molar-refractivity contribution in [2.45, 2.75) is 19.9 Å². The minimum Gasteiger partial charge on any atom is -0.493 e. The average molecular weight is 384 g/mol. The normalized spacial score (nSPS) is 10.9. The first-order valence-electron chi connectivity index (χ1n) is 8.74. The van der Waals surface area contributed by atoms with Gasteiger partial charge in [0.25, 0.3) is 11.5 Å². The molecule has 1 heterocycles. The van der Waals surface area contributed by atoms with Crippen LogP contribution in [-0.2, 0) is 0 Å². The summed E-state index contributed by atoms with van der Waals surface area (Å²) in [5, 5.41) is 3.51. The van der Waals surface area contributed by atoms with E-state index in [9.17, 15) is 14.0 Å². The fourth-order valence-corrected chi connectivity index (χ4v) is 3.09. The standard InChI is InChI=1S/C21H21FN2O4/c1-12(2)24-17(9-13-5-6-14(22)10-16(13)21(24)26)20(25)23-15-7-8-18(27-3)19(11-15)28-4/h5-12H,1-4H3,(H,23,25). The van der Waals surface area contributed by atoms with Gasteiger partial charge in [-0.3, -0.25) is 9.59 Å². The lowest BCUT2D eigenvalue weighted by Crippen LogP contribution is -2.30. The van der Waals surface area contributed by atoms with Crippen LogP contribution in [0.25, 0.3) is 10.8 Å². The number of amides is 1. The Hall–Kier alpha value is -3.35. The van der Waals surface area contributed by atoms with Crippen molar-refractivity contribution in [2.75, 3.05) is 19.5 Å². The SMILES string of the molecule is COc1ccc(NC(=O)c2cc3ccc(F)cc3c(=O)n2C(C)C)cc1OC. The van der Waals surface area contributed by atoms with E-state index in [4.69, 9.17) is 9.47 Å². The van der Waals surface area contributed by atoms with Crippen molar-refractivity contribution in [1.29, 1.82) is 0 Å². The number of ether oxygens (including phenoxy) is 2. The molecule has 6 nitrogen and oxygen atoms in total. The fraction of sp³-hybridized carbons (Fsp3) is 0.238. The number of nitrogens with one attached hydrogen (secondary N) is 1. The Morgan fingerprint density at radius 1 is 1.04 bits per heavy atom. The molecule has 0 aliphatic rings. The maximum absolute atomic E-state index is 13.6. The second-order valence-electron chi connectivity index (χ2n) is 6.55. The molecule has 3 rings (SSSR count). The molecule has 146 valence electrons. The van der Waals surface area contributed by atoms with E-state index in [1.165, 1.54) is 37.0 Å². The van der Waals surface area contributed by atoms with Gasteiger partial charge in [-0.1, -0.05) is 6.07 Å². The van der Waals surface area contributed by atoms with E-state index in [1.807, 2.05) is 0 Å². The number of anilines is 1. The van der Waals surface area contributed by atoms with Crippen LogP contribution in [0, 0.1) is 5.82 Å². The third-order valence-electron chi connectivity index (χ3n) is 4.41. The maximum Gasteiger partial charge on any atom is 0.272 e. The number of pyridine rings is 1. The molecule has 3 aromatic rings. The summed E-state index contributed by atoms with van der Waals surface area (Å²) in [4.78, 5) is 25.8. The summed E-state index contributed by atoms with van der Waals surface area (Å²) >= 11 is 0. The van der Waals surface area contributed by atoms with Gasteiger partial charge >= 0.3 is 0 Å². The molecule has 1 aromatic heterocycles. The van der Waals surface area contributed by atoms with Gasteiger partial charge in [0, 0.05) is 17.8 Å². The van der Waals surface area contributed by atoms with Crippen LogP contribution in [0.2, 0.25) is 0 Å². The molecule has 0 radical (unpaired) electrons. The predicted molar refractivity (Wildman–Crippen MR) is 106 cm³/mol. The van der Waals surface area contributed by atoms with Crippen molar-refractivity contribution in [1.82, 2.24) is 4.57 Å². The minimum absolute atomic E-state index is 0.189. The molecule has 0 aliphatic heterocycles. The van der Waals surface area contributed by atoms with Crippen molar-refractivity contribution in [2.24, 2.45) is 0 Å². The summed E-state index contributed by atoms with van der Waals surface area (Å²) in [5.74, 6) is 0.0505. The molecule has 28 heavy (non-hydrogen) atoms. The molecule has 0 aliphatic carbocycles. The molecule has 0 atom stereocenters. The number of benzene rings is 2. The summed E-state index contributed by atoms with van der Waals surface area (Å²) in [6, 6.07) is 10.2. The number of fused-ring (bicyclic) bond motifs is 1. The largest absolute Gasteiger partial charge is 0.493 e. The number of rotatable bonds is 5. The van der Waals surface area contributed by atoms with Gasteiger partial charge in [0.15, 0.2) is 11.5 Å². The molecule has 1 amide bonds. The smallest absolute Gasteiger partial charge is 0.272 e. The van der Waals surface area contributed by atoms with Gasteiger partial charge in [0.1, 0.15) is 11.5 Å². The molecule has 0 fully saturated rings. The molecule has 1 N–H and O–H groups in total. The fourth-order valence-electron chi connectivity index (χ4n) is 3.09. The monoisotopic (exact) mass is 384 g/mol. The van der Waals surface area contributed by atoms with E-state index < -0.39 is 17.3 Å². The molecule has 0 unspecified atom stereocenters. The van der Waals surface area contributed by atoms with Crippen molar-refractivity contribution >= 4 is 22.4 Å². The Kier molecular flexibility index (Phi) is 5.35. The number of carbonyl (C=O) groups is 1. The van der Waals surface area contributed by atoms with Crippen LogP contribution in [0.15, 0.2) is 47.3 Å². The van der Waals surface area contributed by atoms with Crippen molar-refractivity contribution in [3.8, 4) is 11.5 Å². The van der Waals surface area contributed by atoms with E-state index in [1.54, 1.807) is 38.1 Å². The second-order valence-corrected chi connectivity index (χ2v) is 6.55. The number of aromatic nitrogens is 1. The second kappa shape index (κ2) is 7.72. The number of carbonyl (C=O) groups excluding carboxylic acids is 1. The summed E-state index contributed by atoms with van der Waals surface area (Å²) in [6.45, 7) is 3.58. The number of methoxy groups -OCH3 is 2. The van der Waals surface area contributed by atoms with Crippen LogP contribution in [0.3, 0.4) is 0 Å². The predicted octanol–water partition coefficient (Wildman–Crippen LogP) is 3.99. The first kappa shape index (κ1) is 19.4. The van der Waals surface area contributed by atoms with Crippen LogP contribution < -0.4 is 20.3 Å². The van der Waals surface area contributed by atoms with E-state index >= 15 is 0 Å². The highest BCUT2D eigenvalue weighted by atomic mass is 19.1. The van der Waals surface area contributed by atoms with Crippen molar-refractivity contribution < 1.29 is 18.7 Å². The Balaban J connectivity index is 2.07. The third-order valence-corrected chi connectivity index (χ3v) is 4.41. The molecule has 7 heteroatoms. The van der Waals surface area contributed by atoms with Gasteiger partial charge in [-0.2, -0.15) is 0 Å². The summed E-state index contributed by atoms with van der Waals surface area (Å²) in [5.41, 5.74) is 0.267. The zero-order chi connectivity index (χ0) is 20.4. The van der Waals surface area contributed by atoms with E-state index in [0.29, 0.717) is 22.6 Å². The zero-order valence-electron chi connectivity index (χ0n) is 16.1. The van der Waals surface area contributed by atoms with Gasteiger partial charge < -0.3 is 19.4 Å². The molecule has 0 spiro atoms. The van der Waals surface area contributed by atoms with Crippen LogP contribution in [0.4, 0.5) is 10.1 Å². The quantitative estimate of drug-likeness (QED) is 0.722. The molecule has 0 saturated heterocycles.